The Morgan fingerprint density at radius 1 is 1.31 bits per heavy atom. The second-order valence-electron chi connectivity index (χ2n) is 5.41. The largest absolute Gasteiger partial charge is 0.299 e. The number of hydrogen-bond acceptors (Lipinski definition) is 1. The van der Waals surface area contributed by atoms with Crippen LogP contribution in [0.25, 0.3) is 0 Å². The molecule has 0 aliphatic carbocycles. The summed E-state index contributed by atoms with van der Waals surface area (Å²) in [5.74, 6) is -0.0957. The van der Waals surface area contributed by atoms with Crippen molar-refractivity contribution in [2.45, 2.75) is 40.0 Å². The first-order chi connectivity index (χ1) is 7.37. The minimum atomic E-state index is -0.277. The molecule has 0 radical (unpaired) electrons. The molecule has 0 aromatic heterocycles. The topological polar surface area (TPSA) is 17.1 Å². The highest BCUT2D eigenvalue weighted by molar-refractivity contribution is 5.80. The summed E-state index contributed by atoms with van der Waals surface area (Å²) in [5.41, 5.74) is 0.941. The van der Waals surface area contributed by atoms with Crippen LogP contribution in [0.2, 0.25) is 0 Å². The first kappa shape index (κ1) is 12.9. The molecule has 0 saturated carbocycles. The highest BCUT2D eigenvalue weighted by Gasteiger charge is 2.13. The minimum absolute atomic E-state index is 0.178. The molecule has 0 bridgehead atoms. The van der Waals surface area contributed by atoms with Crippen molar-refractivity contribution in [1.29, 1.82) is 0 Å². The van der Waals surface area contributed by atoms with E-state index >= 15 is 0 Å². The van der Waals surface area contributed by atoms with Gasteiger partial charge in [-0.3, -0.25) is 4.79 Å². The van der Waals surface area contributed by atoms with Crippen molar-refractivity contribution in [2.24, 2.45) is 5.41 Å². The standard InChI is InChI=1S/C14H19FO/c1-14(2,3)8-7-13(16)10-11-5-4-6-12(15)9-11/h4-6,9H,7-8,10H2,1-3H3. The van der Waals surface area contributed by atoms with E-state index in [2.05, 4.69) is 20.8 Å². The van der Waals surface area contributed by atoms with Gasteiger partial charge < -0.3 is 0 Å². The van der Waals surface area contributed by atoms with E-state index in [1.165, 1.54) is 12.1 Å². The van der Waals surface area contributed by atoms with Gasteiger partial charge in [-0.05, 0) is 29.5 Å². The summed E-state index contributed by atoms with van der Waals surface area (Å²) in [6.45, 7) is 6.34. The second kappa shape index (κ2) is 5.24. The van der Waals surface area contributed by atoms with Gasteiger partial charge in [-0.1, -0.05) is 32.9 Å². The first-order valence-corrected chi connectivity index (χ1v) is 5.63. The van der Waals surface area contributed by atoms with Gasteiger partial charge in [0, 0.05) is 12.8 Å². The van der Waals surface area contributed by atoms with E-state index in [-0.39, 0.29) is 17.0 Å². The minimum Gasteiger partial charge on any atom is -0.299 e. The van der Waals surface area contributed by atoms with Gasteiger partial charge in [0.2, 0.25) is 0 Å². The molecule has 1 aromatic carbocycles. The van der Waals surface area contributed by atoms with Gasteiger partial charge in [-0.15, -0.1) is 0 Å². The number of benzene rings is 1. The highest BCUT2D eigenvalue weighted by Crippen LogP contribution is 2.21. The average Bonchev–Trinajstić information content (AvgIpc) is 2.14. The number of carbonyl (C=O) groups excluding carboxylic acids is 1. The Hall–Kier alpha value is -1.18. The maximum Gasteiger partial charge on any atom is 0.137 e. The van der Waals surface area contributed by atoms with Crippen LogP contribution in [-0.2, 0) is 11.2 Å². The Morgan fingerprint density at radius 3 is 2.56 bits per heavy atom. The van der Waals surface area contributed by atoms with Crippen LogP contribution < -0.4 is 0 Å². The van der Waals surface area contributed by atoms with Gasteiger partial charge in [0.05, 0.1) is 0 Å². The molecule has 16 heavy (non-hydrogen) atoms. The fourth-order valence-electron chi connectivity index (χ4n) is 1.48. The van der Waals surface area contributed by atoms with Crippen LogP contribution >= 0.6 is 0 Å². The molecular formula is C14H19FO. The molecule has 0 aliphatic heterocycles. The molecule has 88 valence electrons. The van der Waals surface area contributed by atoms with Crippen molar-refractivity contribution >= 4 is 5.78 Å². The van der Waals surface area contributed by atoms with Gasteiger partial charge in [0.1, 0.15) is 11.6 Å². The highest BCUT2D eigenvalue weighted by atomic mass is 19.1. The Balaban J connectivity index is 2.46. The molecule has 0 fully saturated rings. The smallest absolute Gasteiger partial charge is 0.137 e. The van der Waals surface area contributed by atoms with Crippen LogP contribution in [0.1, 0.15) is 39.2 Å². The summed E-state index contributed by atoms with van der Waals surface area (Å²) in [7, 11) is 0. The van der Waals surface area contributed by atoms with Crippen molar-refractivity contribution in [1.82, 2.24) is 0 Å². The first-order valence-electron chi connectivity index (χ1n) is 5.63. The monoisotopic (exact) mass is 222 g/mol. The molecule has 0 spiro atoms. The summed E-state index contributed by atoms with van der Waals surface area (Å²) in [6, 6.07) is 6.25. The third-order valence-electron chi connectivity index (χ3n) is 2.44. The Morgan fingerprint density at radius 2 is 2.00 bits per heavy atom. The molecule has 0 unspecified atom stereocenters. The third-order valence-corrected chi connectivity index (χ3v) is 2.44. The maximum atomic E-state index is 12.9. The fraction of sp³-hybridized carbons (Fsp3) is 0.500. The predicted molar refractivity (Wildman–Crippen MR) is 63.8 cm³/mol. The molecule has 1 nitrogen and oxygen atoms in total. The molecule has 1 aromatic rings. The molecule has 0 N–H and O–H groups in total. The van der Waals surface area contributed by atoms with Gasteiger partial charge in [0.25, 0.3) is 0 Å². The molecule has 2 heteroatoms. The Labute approximate surface area is 96.7 Å². The van der Waals surface area contributed by atoms with E-state index in [0.717, 1.165) is 12.0 Å². The quantitative estimate of drug-likeness (QED) is 0.758. The van der Waals surface area contributed by atoms with E-state index in [1.54, 1.807) is 12.1 Å². The average molecular weight is 222 g/mol. The molecule has 0 aliphatic rings. The SMILES string of the molecule is CC(C)(C)CCC(=O)Cc1cccc(F)c1. The molecule has 0 heterocycles. The lowest BCUT2D eigenvalue weighted by Crippen LogP contribution is -2.10. The number of halogens is 1. The van der Waals surface area contributed by atoms with E-state index in [9.17, 15) is 9.18 Å². The van der Waals surface area contributed by atoms with Crippen molar-refractivity contribution in [3.05, 3.63) is 35.6 Å². The van der Waals surface area contributed by atoms with E-state index in [4.69, 9.17) is 0 Å². The second-order valence-corrected chi connectivity index (χ2v) is 5.41. The third kappa shape index (κ3) is 5.06. The summed E-state index contributed by atoms with van der Waals surface area (Å²) in [5, 5.41) is 0. The van der Waals surface area contributed by atoms with Gasteiger partial charge in [-0.25, -0.2) is 4.39 Å². The predicted octanol–water partition coefficient (Wildman–Crippen LogP) is 3.76. The zero-order valence-corrected chi connectivity index (χ0v) is 10.2. The lowest BCUT2D eigenvalue weighted by molar-refractivity contribution is -0.118. The van der Waals surface area contributed by atoms with Crippen molar-refractivity contribution in [3.63, 3.8) is 0 Å². The molecule has 1 rings (SSSR count). The van der Waals surface area contributed by atoms with E-state index < -0.39 is 0 Å². The zero-order valence-electron chi connectivity index (χ0n) is 10.2. The van der Waals surface area contributed by atoms with Crippen LogP contribution in [0.15, 0.2) is 24.3 Å². The molecular weight excluding hydrogens is 203 g/mol. The number of hydrogen-bond donors (Lipinski definition) is 0. The fourth-order valence-corrected chi connectivity index (χ4v) is 1.48. The lowest BCUT2D eigenvalue weighted by atomic mass is 9.89. The molecule has 0 saturated heterocycles. The van der Waals surface area contributed by atoms with Crippen LogP contribution in [0.3, 0.4) is 0 Å². The van der Waals surface area contributed by atoms with Crippen molar-refractivity contribution in [2.75, 3.05) is 0 Å². The number of rotatable bonds is 4. The lowest BCUT2D eigenvalue weighted by Gasteiger charge is -2.16. The molecule has 0 amide bonds. The van der Waals surface area contributed by atoms with Gasteiger partial charge in [0.15, 0.2) is 0 Å². The van der Waals surface area contributed by atoms with Crippen molar-refractivity contribution < 1.29 is 9.18 Å². The Kier molecular flexibility index (Phi) is 4.22. The van der Waals surface area contributed by atoms with Crippen LogP contribution in [0.5, 0.6) is 0 Å². The normalized spacial score (nSPS) is 11.5. The van der Waals surface area contributed by atoms with Crippen LogP contribution in [0, 0.1) is 11.2 Å². The van der Waals surface area contributed by atoms with Crippen LogP contribution in [0.4, 0.5) is 4.39 Å². The summed E-state index contributed by atoms with van der Waals surface area (Å²) < 4.78 is 12.9. The van der Waals surface area contributed by atoms with E-state index in [0.29, 0.717) is 12.8 Å². The summed E-state index contributed by atoms with van der Waals surface area (Å²) >= 11 is 0. The number of carbonyl (C=O) groups is 1. The van der Waals surface area contributed by atoms with Crippen LogP contribution in [-0.4, -0.2) is 5.78 Å². The van der Waals surface area contributed by atoms with Gasteiger partial charge in [-0.2, -0.15) is 0 Å². The Bertz CT molecular complexity index is 363. The molecule has 0 atom stereocenters. The summed E-state index contributed by atoms with van der Waals surface area (Å²) in [4.78, 5) is 11.6. The summed E-state index contributed by atoms with van der Waals surface area (Å²) in [6.07, 6.45) is 1.79. The van der Waals surface area contributed by atoms with Crippen molar-refractivity contribution in [3.8, 4) is 0 Å². The van der Waals surface area contributed by atoms with E-state index in [1.807, 2.05) is 0 Å². The maximum absolute atomic E-state index is 12.9. The number of ketones is 1. The number of Topliss-reactive ketones (excluding diaryl/α,β-unsaturated/α-hetero) is 1. The van der Waals surface area contributed by atoms with Gasteiger partial charge >= 0.3 is 0 Å². The zero-order chi connectivity index (χ0) is 12.2.